The molecule has 0 saturated heterocycles. The van der Waals surface area contributed by atoms with E-state index >= 15 is 0 Å². The van der Waals surface area contributed by atoms with Gasteiger partial charge in [0.15, 0.2) is 0 Å². The molecule has 146 valence electrons. The van der Waals surface area contributed by atoms with Gasteiger partial charge < -0.3 is 9.73 Å². The first kappa shape index (κ1) is 20.3. The summed E-state index contributed by atoms with van der Waals surface area (Å²) in [6.07, 6.45) is 1.47. The molecule has 2 aromatic carbocycles. The highest BCUT2D eigenvalue weighted by atomic mass is 79.9. The molecule has 1 aromatic heterocycles. The number of hydrogen-bond donors (Lipinski definition) is 1. The number of aryl methyl sites for hydroxylation is 1. The van der Waals surface area contributed by atoms with Crippen molar-refractivity contribution in [2.24, 2.45) is 0 Å². The van der Waals surface area contributed by atoms with E-state index in [1.54, 1.807) is 42.5 Å². The first-order valence-corrected chi connectivity index (χ1v) is 10.7. The zero-order chi connectivity index (χ0) is 20.1. The highest BCUT2D eigenvalue weighted by Crippen LogP contribution is 2.20. The Hall–Kier alpha value is -2.42. The number of benzene rings is 2. The van der Waals surface area contributed by atoms with Crippen molar-refractivity contribution in [1.29, 1.82) is 0 Å². The van der Waals surface area contributed by atoms with Crippen molar-refractivity contribution in [1.82, 2.24) is 4.31 Å². The summed E-state index contributed by atoms with van der Waals surface area (Å²) >= 11 is 3.34. The highest BCUT2D eigenvalue weighted by molar-refractivity contribution is 9.10. The summed E-state index contributed by atoms with van der Waals surface area (Å²) in [4.78, 5) is 12.7. The van der Waals surface area contributed by atoms with Crippen LogP contribution in [-0.4, -0.2) is 25.2 Å². The predicted molar refractivity (Wildman–Crippen MR) is 110 cm³/mol. The molecule has 1 amide bonds. The standard InChI is InChI=1S/C20H19BrN2O4S/c1-15-7-9-19(10-8-15)28(25,26)23(13-18-6-3-11-27-18)14-20(24)22-17-5-2-4-16(21)12-17/h2-12H,13-14H2,1H3,(H,22,24). The van der Waals surface area contributed by atoms with E-state index in [1.807, 2.05) is 13.0 Å². The molecular formula is C20H19BrN2O4S. The minimum absolute atomic E-state index is 0.0465. The quantitative estimate of drug-likeness (QED) is 0.570. The lowest BCUT2D eigenvalue weighted by molar-refractivity contribution is -0.116. The van der Waals surface area contributed by atoms with Gasteiger partial charge in [-0.05, 0) is 49.4 Å². The summed E-state index contributed by atoms with van der Waals surface area (Å²) in [5.74, 6) is 0.00582. The summed E-state index contributed by atoms with van der Waals surface area (Å²) in [6.45, 7) is 1.49. The predicted octanol–water partition coefficient (Wildman–Crippen LogP) is 4.18. The number of carbonyl (C=O) groups is 1. The summed E-state index contributed by atoms with van der Waals surface area (Å²) in [7, 11) is -3.89. The van der Waals surface area contributed by atoms with Gasteiger partial charge in [-0.2, -0.15) is 4.31 Å². The Morgan fingerprint density at radius 1 is 1.11 bits per heavy atom. The Morgan fingerprint density at radius 3 is 2.50 bits per heavy atom. The highest BCUT2D eigenvalue weighted by Gasteiger charge is 2.27. The number of carbonyl (C=O) groups excluding carboxylic acids is 1. The number of anilines is 1. The van der Waals surface area contributed by atoms with Crippen LogP contribution in [0.25, 0.3) is 0 Å². The number of sulfonamides is 1. The number of hydrogen-bond acceptors (Lipinski definition) is 4. The van der Waals surface area contributed by atoms with Crippen molar-refractivity contribution in [2.45, 2.75) is 18.4 Å². The van der Waals surface area contributed by atoms with E-state index in [2.05, 4.69) is 21.2 Å². The average molecular weight is 463 g/mol. The number of furan rings is 1. The van der Waals surface area contributed by atoms with Crippen molar-refractivity contribution in [3.63, 3.8) is 0 Å². The molecule has 0 aliphatic carbocycles. The number of nitrogens with one attached hydrogen (secondary N) is 1. The number of rotatable bonds is 7. The van der Waals surface area contributed by atoms with E-state index in [0.29, 0.717) is 11.4 Å². The summed E-state index contributed by atoms with van der Waals surface area (Å²) < 4.78 is 33.4. The second kappa shape index (κ2) is 8.72. The van der Waals surface area contributed by atoms with Gasteiger partial charge >= 0.3 is 0 Å². The maximum absolute atomic E-state index is 13.1. The molecular weight excluding hydrogens is 444 g/mol. The number of amides is 1. The Kier molecular flexibility index (Phi) is 6.33. The molecule has 8 heteroatoms. The van der Waals surface area contributed by atoms with Gasteiger partial charge in [-0.25, -0.2) is 8.42 Å². The molecule has 0 fully saturated rings. The zero-order valence-electron chi connectivity index (χ0n) is 15.1. The lowest BCUT2D eigenvalue weighted by atomic mass is 10.2. The van der Waals surface area contributed by atoms with Crippen molar-refractivity contribution in [3.8, 4) is 0 Å². The van der Waals surface area contributed by atoms with Gasteiger partial charge in [-0.15, -0.1) is 0 Å². The number of nitrogens with zero attached hydrogens (tertiary/aromatic N) is 1. The Morgan fingerprint density at radius 2 is 1.86 bits per heavy atom. The van der Waals surface area contributed by atoms with Crippen molar-refractivity contribution >= 4 is 37.5 Å². The minimum atomic E-state index is -3.89. The van der Waals surface area contributed by atoms with E-state index in [0.717, 1.165) is 14.3 Å². The van der Waals surface area contributed by atoms with Gasteiger partial charge in [-0.3, -0.25) is 4.79 Å². The Bertz CT molecular complexity index is 1050. The molecule has 3 aromatic rings. The minimum Gasteiger partial charge on any atom is -0.468 e. The molecule has 1 heterocycles. The van der Waals surface area contributed by atoms with Gasteiger partial charge in [-0.1, -0.05) is 39.7 Å². The van der Waals surface area contributed by atoms with Crippen molar-refractivity contribution < 1.29 is 17.6 Å². The van der Waals surface area contributed by atoms with Crippen LogP contribution in [0.1, 0.15) is 11.3 Å². The summed E-state index contributed by atoms with van der Waals surface area (Å²) in [5, 5.41) is 2.72. The maximum Gasteiger partial charge on any atom is 0.243 e. The summed E-state index contributed by atoms with van der Waals surface area (Å²) in [6, 6.07) is 16.9. The van der Waals surface area contributed by atoms with Gasteiger partial charge in [0.25, 0.3) is 0 Å². The van der Waals surface area contributed by atoms with Crippen LogP contribution < -0.4 is 5.32 Å². The van der Waals surface area contributed by atoms with Crippen LogP contribution in [0.2, 0.25) is 0 Å². The van der Waals surface area contributed by atoms with E-state index in [-0.39, 0.29) is 18.0 Å². The molecule has 0 unspecified atom stereocenters. The molecule has 0 bridgehead atoms. The molecule has 0 atom stereocenters. The topological polar surface area (TPSA) is 79.6 Å². The van der Waals surface area contributed by atoms with Crippen LogP contribution in [0.3, 0.4) is 0 Å². The largest absolute Gasteiger partial charge is 0.468 e. The van der Waals surface area contributed by atoms with Gasteiger partial charge in [0.05, 0.1) is 24.2 Å². The molecule has 28 heavy (non-hydrogen) atoms. The van der Waals surface area contributed by atoms with E-state index < -0.39 is 15.9 Å². The zero-order valence-corrected chi connectivity index (χ0v) is 17.5. The van der Waals surface area contributed by atoms with Crippen molar-refractivity contribution in [2.75, 3.05) is 11.9 Å². The fourth-order valence-electron chi connectivity index (χ4n) is 2.59. The second-order valence-corrected chi connectivity index (χ2v) is 9.08. The van der Waals surface area contributed by atoms with Gasteiger partial charge in [0, 0.05) is 10.2 Å². The third-order valence-corrected chi connectivity index (χ3v) is 6.30. The van der Waals surface area contributed by atoms with E-state index in [1.165, 1.54) is 18.4 Å². The molecule has 6 nitrogen and oxygen atoms in total. The van der Waals surface area contributed by atoms with Crippen LogP contribution in [0.5, 0.6) is 0 Å². The van der Waals surface area contributed by atoms with Crippen LogP contribution in [0.15, 0.2) is 80.7 Å². The Balaban J connectivity index is 1.84. The molecule has 1 N–H and O–H groups in total. The van der Waals surface area contributed by atoms with Gasteiger partial charge in [0.1, 0.15) is 5.76 Å². The van der Waals surface area contributed by atoms with E-state index in [9.17, 15) is 13.2 Å². The van der Waals surface area contributed by atoms with Crippen molar-refractivity contribution in [3.05, 3.63) is 82.7 Å². The molecule has 0 aliphatic heterocycles. The lowest BCUT2D eigenvalue weighted by Crippen LogP contribution is -2.37. The smallest absolute Gasteiger partial charge is 0.243 e. The third kappa shape index (κ3) is 5.09. The average Bonchev–Trinajstić information content (AvgIpc) is 3.14. The fourth-order valence-corrected chi connectivity index (χ4v) is 4.35. The first-order valence-electron chi connectivity index (χ1n) is 8.49. The summed E-state index contributed by atoms with van der Waals surface area (Å²) in [5.41, 5.74) is 1.52. The molecule has 0 saturated carbocycles. The van der Waals surface area contributed by atoms with Crippen LogP contribution in [0, 0.1) is 6.92 Å². The fraction of sp³-hybridized carbons (Fsp3) is 0.150. The van der Waals surface area contributed by atoms with Crippen LogP contribution in [0.4, 0.5) is 5.69 Å². The first-order chi connectivity index (χ1) is 13.3. The van der Waals surface area contributed by atoms with Crippen LogP contribution in [-0.2, 0) is 21.4 Å². The molecule has 3 rings (SSSR count). The third-order valence-electron chi connectivity index (χ3n) is 4.00. The Labute approximate surface area is 172 Å². The van der Waals surface area contributed by atoms with E-state index in [4.69, 9.17) is 4.42 Å². The maximum atomic E-state index is 13.1. The van der Waals surface area contributed by atoms with Crippen LogP contribution >= 0.6 is 15.9 Å². The second-order valence-electron chi connectivity index (χ2n) is 6.22. The lowest BCUT2D eigenvalue weighted by Gasteiger charge is -2.21. The molecule has 0 spiro atoms. The molecule has 0 radical (unpaired) electrons. The number of halogens is 1. The monoisotopic (exact) mass is 462 g/mol. The molecule has 0 aliphatic rings. The van der Waals surface area contributed by atoms with Gasteiger partial charge in [0.2, 0.25) is 15.9 Å². The normalized spacial score (nSPS) is 11.5. The SMILES string of the molecule is Cc1ccc(S(=O)(=O)N(CC(=O)Nc2cccc(Br)c2)Cc2ccco2)cc1.